The van der Waals surface area contributed by atoms with Gasteiger partial charge >= 0.3 is 0 Å². The minimum Gasteiger partial charge on any atom is -0.491 e. The number of carbonyl (C=O) groups excluding carboxylic acids is 1. The summed E-state index contributed by atoms with van der Waals surface area (Å²) in [5.74, 6) is 0.610. The van der Waals surface area contributed by atoms with E-state index < -0.39 is 0 Å². The van der Waals surface area contributed by atoms with Crippen LogP contribution in [0.25, 0.3) is 0 Å². The zero-order valence-electron chi connectivity index (χ0n) is 12.1. The molecule has 1 amide bonds. The molecule has 0 unspecified atom stereocenters. The number of ether oxygens (including phenoxy) is 2. The lowest BCUT2D eigenvalue weighted by atomic mass is 10.2. The molecule has 21 heavy (non-hydrogen) atoms. The number of hydrogen-bond acceptors (Lipinski definition) is 3. The molecule has 0 heterocycles. The molecule has 0 atom stereocenters. The molecule has 0 aromatic heterocycles. The first kappa shape index (κ1) is 17.3. The van der Waals surface area contributed by atoms with Crippen LogP contribution >= 0.6 is 11.6 Å². The summed E-state index contributed by atoms with van der Waals surface area (Å²) >= 11 is 5.52. The van der Waals surface area contributed by atoms with Crippen molar-refractivity contribution in [1.82, 2.24) is 4.90 Å². The smallest absolute Gasteiger partial charge is 0.246 e. The Kier molecular flexibility index (Phi) is 8.24. The van der Waals surface area contributed by atoms with Gasteiger partial charge < -0.3 is 14.4 Å². The number of rotatable bonds is 9. The van der Waals surface area contributed by atoms with E-state index in [9.17, 15) is 4.79 Å². The first-order valence-corrected chi connectivity index (χ1v) is 7.02. The van der Waals surface area contributed by atoms with E-state index in [1.54, 1.807) is 18.1 Å². The Morgan fingerprint density at radius 1 is 1.43 bits per heavy atom. The Morgan fingerprint density at radius 3 is 2.90 bits per heavy atom. The van der Waals surface area contributed by atoms with E-state index in [0.29, 0.717) is 26.3 Å². The van der Waals surface area contributed by atoms with Crippen molar-refractivity contribution in [2.75, 3.05) is 26.9 Å². The van der Waals surface area contributed by atoms with E-state index in [2.05, 4.69) is 6.58 Å². The molecule has 0 spiro atoms. The summed E-state index contributed by atoms with van der Waals surface area (Å²) in [5.41, 5.74) is 2.37. The van der Waals surface area contributed by atoms with Gasteiger partial charge in [-0.2, -0.15) is 0 Å². The summed E-state index contributed by atoms with van der Waals surface area (Å²) in [6.07, 6.45) is 3.00. The molecule has 5 heteroatoms. The quantitative estimate of drug-likeness (QED) is 0.520. The summed E-state index contributed by atoms with van der Waals surface area (Å²) in [6, 6.07) is 7.61. The van der Waals surface area contributed by atoms with Gasteiger partial charge in [-0.05, 0) is 23.8 Å². The molecule has 0 radical (unpaired) electrons. The molecule has 1 rings (SSSR count). The molecule has 0 aliphatic heterocycles. The van der Waals surface area contributed by atoms with Crippen molar-refractivity contribution < 1.29 is 14.3 Å². The predicted molar refractivity (Wildman–Crippen MR) is 84.4 cm³/mol. The van der Waals surface area contributed by atoms with E-state index in [4.69, 9.17) is 21.1 Å². The monoisotopic (exact) mass is 309 g/mol. The lowest BCUT2D eigenvalue weighted by molar-refractivity contribution is -0.126. The van der Waals surface area contributed by atoms with Gasteiger partial charge in [0.1, 0.15) is 12.4 Å². The molecule has 0 N–H and O–H groups in total. The Balaban J connectivity index is 2.71. The Labute approximate surface area is 130 Å². The maximum absolute atomic E-state index is 11.8. The molecule has 114 valence electrons. The average Bonchev–Trinajstić information content (AvgIpc) is 2.51. The molecule has 0 saturated heterocycles. The van der Waals surface area contributed by atoms with E-state index in [-0.39, 0.29) is 5.91 Å². The molecule has 0 fully saturated rings. The van der Waals surface area contributed by atoms with Gasteiger partial charge in [0.2, 0.25) is 5.91 Å². The van der Waals surface area contributed by atoms with Crippen LogP contribution in [0.2, 0.25) is 0 Å². The van der Waals surface area contributed by atoms with Crippen LogP contribution in [-0.2, 0) is 16.1 Å². The highest BCUT2D eigenvalue weighted by Gasteiger charge is 2.09. The third kappa shape index (κ3) is 6.47. The average molecular weight is 310 g/mol. The molecule has 0 saturated carbocycles. The second-order valence-corrected chi connectivity index (χ2v) is 4.53. The van der Waals surface area contributed by atoms with Gasteiger partial charge in [-0.3, -0.25) is 4.79 Å². The Hall–Kier alpha value is -1.78. The van der Waals surface area contributed by atoms with Crippen molar-refractivity contribution >= 4 is 17.5 Å². The van der Waals surface area contributed by atoms with Gasteiger partial charge in [0.05, 0.1) is 6.61 Å². The minimum absolute atomic E-state index is 0.143. The number of benzene rings is 1. The summed E-state index contributed by atoms with van der Waals surface area (Å²) in [6.45, 7) is 5.44. The predicted octanol–water partition coefficient (Wildman–Crippen LogP) is 2.98. The normalized spacial score (nSPS) is 10.6. The highest BCUT2D eigenvalue weighted by molar-refractivity contribution is 6.25. The SMILES string of the molecule is C=CC(=O)N(C/C=C/Cl)Cc1cccc(OCCOC)c1. The molecule has 0 bridgehead atoms. The second-order valence-electron chi connectivity index (χ2n) is 4.27. The fraction of sp³-hybridized carbons (Fsp3) is 0.312. The van der Waals surface area contributed by atoms with E-state index in [1.165, 1.54) is 11.6 Å². The molecule has 1 aromatic rings. The van der Waals surface area contributed by atoms with Crippen LogP contribution < -0.4 is 4.74 Å². The van der Waals surface area contributed by atoms with Crippen LogP contribution in [0.3, 0.4) is 0 Å². The summed E-state index contributed by atoms with van der Waals surface area (Å²) < 4.78 is 10.5. The van der Waals surface area contributed by atoms with Crippen LogP contribution in [0.1, 0.15) is 5.56 Å². The minimum atomic E-state index is -0.143. The highest BCUT2D eigenvalue weighted by Crippen LogP contribution is 2.15. The van der Waals surface area contributed by atoms with Crippen LogP contribution in [0.5, 0.6) is 5.75 Å². The molecule has 0 aliphatic carbocycles. The van der Waals surface area contributed by atoms with Gasteiger partial charge in [0.25, 0.3) is 0 Å². The van der Waals surface area contributed by atoms with Crippen molar-refractivity contribution in [3.63, 3.8) is 0 Å². The van der Waals surface area contributed by atoms with Crippen molar-refractivity contribution in [3.05, 3.63) is 54.1 Å². The van der Waals surface area contributed by atoms with Crippen LogP contribution in [0, 0.1) is 0 Å². The van der Waals surface area contributed by atoms with Gasteiger partial charge in [0.15, 0.2) is 0 Å². The third-order valence-corrected chi connectivity index (χ3v) is 2.91. The lowest BCUT2D eigenvalue weighted by Crippen LogP contribution is -2.28. The first-order chi connectivity index (χ1) is 10.2. The Bertz CT molecular complexity index is 488. The topological polar surface area (TPSA) is 38.8 Å². The summed E-state index contributed by atoms with van der Waals surface area (Å²) in [7, 11) is 1.63. The Morgan fingerprint density at radius 2 is 2.24 bits per heavy atom. The number of amides is 1. The van der Waals surface area contributed by atoms with Gasteiger partial charge in [-0.15, -0.1) is 0 Å². The number of methoxy groups -OCH3 is 1. The molecule has 4 nitrogen and oxygen atoms in total. The number of halogens is 1. The van der Waals surface area contributed by atoms with Gasteiger partial charge in [-0.25, -0.2) is 0 Å². The zero-order chi connectivity index (χ0) is 15.5. The summed E-state index contributed by atoms with van der Waals surface area (Å²) in [5, 5.41) is 0. The second kappa shape index (κ2) is 10.0. The van der Waals surface area contributed by atoms with Crippen molar-refractivity contribution in [2.45, 2.75) is 6.54 Å². The van der Waals surface area contributed by atoms with E-state index in [1.807, 2.05) is 24.3 Å². The van der Waals surface area contributed by atoms with E-state index >= 15 is 0 Å². The van der Waals surface area contributed by atoms with Crippen molar-refractivity contribution in [2.24, 2.45) is 0 Å². The molecule has 0 aliphatic rings. The molecule has 1 aromatic carbocycles. The van der Waals surface area contributed by atoms with Crippen LogP contribution in [0.15, 0.2) is 48.5 Å². The highest BCUT2D eigenvalue weighted by atomic mass is 35.5. The molecular formula is C16H20ClNO3. The zero-order valence-corrected chi connectivity index (χ0v) is 12.9. The standard InChI is InChI=1S/C16H20ClNO3/c1-3-16(19)18(9-5-8-17)13-14-6-4-7-15(12-14)21-11-10-20-2/h3-8,12H,1,9-11,13H2,2H3/b8-5+. The lowest BCUT2D eigenvalue weighted by Gasteiger charge is -2.19. The number of carbonyl (C=O) groups is 1. The maximum Gasteiger partial charge on any atom is 0.246 e. The molecular weight excluding hydrogens is 290 g/mol. The number of hydrogen-bond donors (Lipinski definition) is 0. The van der Waals surface area contributed by atoms with Crippen molar-refractivity contribution in [1.29, 1.82) is 0 Å². The van der Waals surface area contributed by atoms with Gasteiger partial charge in [0, 0.05) is 25.7 Å². The van der Waals surface area contributed by atoms with Crippen LogP contribution in [-0.4, -0.2) is 37.7 Å². The first-order valence-electron chi connectivity index (χ1n) is 6.58. The fourth-order valence-electron chi connectivity index (χ4n) is 1.73. The van der Waals surface area contributed by atoms with E-state index in [0.717, 1.165) is 11.3 Å². The summed E-state index contributed by atoms with van der Waals surface area (Å²) in [4.78, 5) is 13.4. The number of nitrogens with zero attached hydrogens (tertiary/aromatic N) is 1. The van der Waals surface area contributed by atoms with Crippen LogP contribution in [0.4, 0.5) is 0 Å². The third-order valence-electron chi connectivity index (χ3n) is 2.73. The van der Waals surface area contributed by atoms with Crippen molar-refractivity contribution in [3.8, 4) is 5.75 Å². The fourth-order valence-corrected chi connectivity index (χ4v) is 1.81. The largest absolute Gasteiger partial charge is 0.491 e. The van der Waals surface area contributed by atoms with Gasteiger partial charge in [-0.1, -0.05) is 36.4 Å². The maximum atomic E-state index is 11.8.